The van der Waals surface area contributed by atoms with Gasteiger partial charge in [-0.3, -0.25) is 9.59 Å². The Morgan fingerprint density at radius 1 is 0.909 bits per heavy atom. The van der Waals surface area contributed by atoms with Gasteiger partial charge in [0, 0.05) is 16.8 Å². The molecule has 0 saturated heterocycles. The number of amides is 2. The molecule has 1 atom stereocenters. The number of hydrogen-bond donors (Lipinski definition) is 2. The van der Waals surface area contributed by atoms with Gasteiger partial charge in [0.05, 0.1) is 0 Å². The van der Waals surface area contributed by atoms with Gasteiger partial charge in [0.25, 0.3) is 11.8 Å². The summed E-state index contributed by atoms with van der Waals surface area (Å²) in [4.78, 5) is 24.7. The summed E-state index contributed by atoms with van der Waals surface area (Å²) >= 11 is 0. The maximum Gasteiger partial charge on any atom is 0.291 e. The summed E-state index contributed by atoms with van der Waals surface area (Å²) in [5.41, 5.74) is 3.12. The summed E-state index contributed by atoms with van der Waals surface area (Å²) < 4.78 is 11.2. The zero-order chi connectivity index (χ0) is 23.2. The summed E-state index contributed by atoms with van der Waals surface area (Å²) in [5.74, 6) is 0.786. The van der Waals surface area contributed by atoms with Gasteiger partial charge in [-0.1, -0.05) is 44.2 Å². The third-order valence-electron chi connectivity index (χ3n) is 5.51. The number of hydrogen-bond acceptors (Lipinski definition) is 4. The lowest BCUT2D eigenvalue weighted by Gasteiger charge is -2.11. The molecule has 2 N–H and O–H groups in total. The molecule has 0 spiro atoms. The van der Waals surface area contributed by atoms with Gasteiger partial charge in [-0.25, -0.2) is 0 Å². The smallest absolute Gasteiger partial charge is 0.291 e. The zero-order valence-electron chi connectivity index (χ0n) is 18.6. The van der Waals surface area contributed by atoms with Gasteiger partial charge in [0.15, 0.2) is 12.4 Å². The van der Waals surface area contributed by atoms with Crippen molar-refractivity contribution in [2.24, 2.45) is 0 Å². The molecule has 0 aliphatic carbocycles. The fourth-order valence-corrected chi connectivity index (χ4v) is 3.40. The first-order valence-corrected chi connectivity index (χ1v) is 10.9. The highest BCUT2D eigenvalue weighted by atomic mass is 16.5. The minimum Gasteiger partial charge on any atom is -0.484 e. The van der Waals surface area contributed by atoms with Crippen LogP contribution in [0.25, 0.3) is 11.0 Å². The van der Waals surface area contributed by atoms with E-state index in [1.54, 1.807) is 30.3 Å². The number of rotatable bonds is 8. The predicted octanol–water partition coefficient (Wildman–Crippen LogP) is 6.22. The van der Waals surface area contributed by atoms with Crippen LogP contribution in [0.15, 0.2) is 83.3 Å². The summed E-state index contributed by atoms with van der Waals surface area (Å²) in [6, 6.07) is 23.8. The molecule has 33 heavy (non-hydrogen) atoms. The highest BCUT2D eigenvalue weighted by Crippen LogP contribution is 2.22. The van der Waals surface area contributed by atoms with E-state index < -0.39 is 0 Å². The predicted molar refractivity (Wildman–Crippen MR) is 130 cm³/mol. The Morgan fingerprint density at radius 2 is 1.58 bits per heavy atom. The molecule has 1 unspecified atom stereocenters. The average Bonchev–Trinajstić information content (AvgIpc) is 3.28. The minimum absolute atomic E-state index is 0.0901. The molecule has 1 aromatic heterocycles. The van der Waals surface area contributed by atoms with E-state index in [2.05, 4.69) is 24.5 Å². The fourth-order valence-electron chi connectivity index (χ4n) is 3.40. The largest absolute Gasteiger partial charge is 0.484 e. The van der Waals surface area contributed by atoms with Crippen molar-refractivity contribution in [3.05, 3.63) is 90.2 Å². The van der Waals surface area contributed by atoms with E-state index in [4.69, 9.17) is 9.15 Å². The van der Waals surface area contributed by atoms with E-state index in [-0.39, 0.29) is 24.2 Å². The molecule has 1 heterocycles. The van der Waals surface area contributed by atoms with Crippen LogP contribution in [-0.4, -0.2) is 18.4 Å². The first kappa shape index (κ1) is 22.1. The Balaban J connectivity index is 1.28. The van der Waals surface area contributed by atoms with E-state index in [1.165, 1.54) is 5.56 Å². The molecule has 0 aliphatic rings. The zero-order valence-corrected chi connectivity index (χ0v) is 18.6. The van der Waals surface area contributed by atoms with Gasteiger partial charge in [-0.15, -0.1) is 0 Å². The molecular weight excluding hydrogens is 416 g/mol. The molecule has 4 rings (SSSR count). The number of furan rings is 1. The number of nitrogens with one attached hydrogen (secondary N) is 2. The van der Waals surface area contributed by atoms with E-state index in [1.807, 2.05) is 48.5 Å². The van der Waals surface area contributed by atoms with Crippen molar-refractivity contribution in [1.29, 1.82) is 0 Å². The monoisotopic (exact) mass is 442 g/mol. The highest BCUT2D eigenvalue weighted by Gasteiger charge is 2.12. The molecule has 0 bridgehead atoms. The maximum atomic E-state index is 12.5. The maximum absolute atomic E-state index is 12.5. The number of ether oxygens (including phenoxy) is 1. The van der Waals surface area contributed by atoms with Crippen molar-refractivity contribution in [1.82, 2.24) is 0 Å². The van der Waals surface area contributed by atoms with E-state index in [0.717, 1.165) is 11.8 Å². The Bertz CT molecular complexity index is 1210. The number of carbonyl (C=O) groups excluding carboxylic acids is 2. The van der Waals surface area contributed by atoms with Crippen molar-refractivity contribution in [2.75, 3.05) is 17.2 Å². The number of benzene rings is 3. The molecular formula is C27H26N2O4. The number of carbonyl (C=O) groups is 2. The average molecular weight is 443 g/mol. The standard InChI is InChI=1S/C27H26N2O4/c1-3-18(2)19-8-14-23(15-9-19)32-17-26(30)28-21-10-12-22(13-11-21)29-27(31)25-16-20-6-4-5-7-24(20)33-25/h4-16,18H,3,17H2,1-2H3,(H,28,30)(H,29,31). The molecule has 6 nitrogen and oxygen atoms in total. The Labute approximate surface area is 192 Å². The molecule has 0 radical (unpaired) electrons. The van der Waals surface area contributed by atoms with Crippen LogP contribution in [-0.2, 0) is 4.79 Å². The molecule has 6 heteroatoms. The molecule has 168 valence electrons. The van der Waals surface area contributed by atoms with E-state index in [9.17, 15) is 9.59 Å². The Hall–Kier alpha value is -4.06. The Morgan fingerprint density at radius 3 is 2.24 bits per heavy atom. The summed E-state index contributed by atoms with van der Waals surface area (Å²) in [6.07, 6.45) is 1.07. The normalized spacial score (nSPS) is 11.7. The third-order valence-corrected chi connectivity index (χ3v) is 5.51. The van der Waals surface area contributed by atoms with Crippen molar-refractivity contribution in [3.63, 3.8) is 0 Å². The second kappa shape index (κ2) is 10.0. The lowest BCUT2D eigenvalue weighted by Crippen LogP contribution is -2.20. The summed E-state index contributed by atoms with van der Waals surface area (Å²) in [7, 11) is 0. The SMILES string of the molecule is CCC(C)c1ccc(OCC(=O)Nc2ccc(NC(=O)c3cc4ccccc4o3)cc2)cc1. The first-order valence-electron chi connectivity index (χ1n) is 10.9. The second-order valence-electron chi connectivity index (χ2n) is 7.90. The van der Waals surface area contributed by atoms with Gasteiger partial charge in [0.1, 0.15) is 11.3 Å². The lowest BCUT2D eigenvalue weighted by atomic mass is 9.99. The third kappa shape index (κ3) is 5.60. The van der Waals surface area contributed by atoms with Crippen LogP contribution in [0.5, 0.6) is 5.75 Å². The summed E-state index contributed by atoms with van der Waals surface area (Å²) in [6.45, 7) is 4.24. The number of anilines is 2. The van der Waals surface area contributed by atoms with Gasteiger partial charge >= 0.3 is 0 Å². The van der Waals surface area contributed by atoms with Crippen LogP contribution in [0.2, 0.25) is 0 Å². The van der Waals surface area contributed by atoms with Crippen LogP contribution in [0.4, 0.5) is 11.4 Å². The topological polar surface area (TPSA) is 80.6 Å². The second-order valence-corrected chi connectivity index (χ2v) is 7.90. The van der Waals surface area contributed by atoms with Gasteiger partial charge < -0.3 is 19.8 Å². The number of fused-ring (bicyclic) bond motifs is 1. The van der Waals surface area contributed by atoms with Gasteiger partial charge in [0.2, 0.25) is 0 Å². The first-order chi connectivity index (χ1) is 16.0. The lowest BCUT2D eigenvalue weighted by molar-refractivity contribution is -0.118. The van der Waals surface area contributed by atoms with Crippen molar-refractivity contribution in [2.45, 2.75) is 26.2 Å². The molecule has 2 amide bonds. The van der Waals surface area contributed by atoms with Gasteiger partial charge in [-0.05, 0) is 66.4 Å². The number of para-hydroxylation sites is 1. The summed E-state index contributed by atoms with van der Waals surface area (Å²) in [5, 5.41) is 6.45. The van der Waals surface area contributed by atoms with Crippen LogP contribution in [0.3, 0.4) is 0 Å². The highest BCUT2D eigenvalue weighted by molar-refractivity contribution is 6.04. The van der Waals surface area contributed by atoms with E-state index in [0.29, 0.717) is 28.6 Å². The molecule has 0 fully saturated rings. The quantitative estimate of drug-likeness (QED) is 0.340. The van der Waals surface area contributed by atoms with Crippen molar-refractivity contribution in [3.8, 4) is 5.75 Å². The molecule has 0 aliphatic heterocycles. The van der Waals surface area contributed by atoms with E-state index >= 15 is 0 Å². The minimum atomic E-state index is -0.337. The molecule has 4 aromatic rings. The van der Waals surface area contributed by atoms with Crippen LogP contribution >= 0.6 is 0 Å². The van der Waals surface area contributed by atoms with Crippen molar-refractivity contribution >= 4 is 34.2 Å². The van der Waals surface area contributed by atoms with Crippen LogP contribution in [0, 0.1) is 0 Å². The molecule has 3 aromatic carbocycles. The fraction of sp³-hybridized carbons (Fsp3) is 0.185. The molecule has 0 saturated carbocycles. The van der Waals surface area contributed by atoms with Gasteiger partial charge in [-0.2, -0.15) is 0 Å². The van der Waals surface area contributed by atoms with Crippen LogP contribution in [0.1, 0.15) is 42.3 Å². The Kier molecular flexibility index (Phi) is 6.74. The van der Waals surface area contributed by atoms with Crippen LogP contribution < -0.4 is 15.4 Å². The van der Waals surface area contributed by atoms with Crippen molar-refractivity contribution < 1.29 is 18.7 Å².